The Morgan fingerprint density at radius 2 is 1.52 bits per heavy atom. The first kappa shape index (κ1) is 16.5. The highest BCUT2D eigenvalue weighted by Gasteiger charge is 2.14. The smallest absolute Gasteiger partial charge is 0.268 e. The van der Waals surface area contributed by atoms with Crippen LogP contribution in [0, 0.1) is 0 Å². The van der Waals surface area contributed by atoms with Crippen molar-refractivity contribution in [3.63, 3.8) is 0 Å². The highest BCUT2D eigenvalue weighted by atomic mass is 16.2. The van der Waals surface area contributed by atoms with E-state index in [4.69, 9.17) is 0 Å². The topological polar surface area (TPSA) is 58.2 Å². The van der Waals surface area contributed by atoms with Crippen molar-refractivity contribution in [1.82, 2.24) is 10.6 Å². The zero-order valence-electron chi connectivity index (χ0n) is 13.2. The fourth-order valence-electron chi connectivity index (χ4n) is 2.16. The normalized spacial score (nSPS) is 12.3. The summed E-state index contributed by atoms with van der Waals surface area (Å²) in [5.41, 5.74) is 2.08. The van der Waals surface area contributed by atoms with Gasteiger partial charge in [-0.1, -0.05) is 60.7 Å². The van der Waals surface area contributed by atoms with Crippen LogP contribution < -0.4 is 10.6 Å². The number of benzene rings is 2. The summed E-state index contributed by atoms with van der Waals surface area (Å²) in [7, 11) is 0. The Morgan fingerprint density at radius 1 is 0.957 bits per heavy atom. The molecule has 0 saturated heterocycles. The maximum absolute atomic E-state index is 12.5. The Bertz CT molecular complexity index is 694. The van der Waals surface area contributed by atoms with E-state index in [1.165, 1.54) is 6.92 Å². The third kappa shape index (κ3) is 5.11. The van der Waals surface area contributed by atoms with Gasteiger partial charge in [0.05, 0.1) is 6.04 Å². The van der Waals surface area contributed by atoms with Crippen LogP contribution in [0.15, 0.2) is 66.4 Å². The number of rotatable bonds is 5. The van der Waals surface area contributed by atoms with E-state index in [1.54, 1.807) is 6.08 Å². The number of amides is 2. The first-order valence-corrected chi connectivity index (χ1v) is 7.46. The first-order chi connectivity index (χ1) is 11.1. The Labute approximate surface area is 136 Å². The summed E-state index contributed by atoms with van der Waals surface area (Å²) in [6.07, 6.45) is 1.66. The van der Waals surface area contributed by atoms with Gasteiger partial charge < -0.3 is 10.6 Å². The number of carbonyl (C=O) groups is 2. The van der Waals surface area contributed by atoms with Crippen LogP contribution >= 0.6 is 0 Å². The molecule has 23 heavy (non-hydrogen) atoms. The average Bonchev–Trinajstić information content (AvgIpc) is 2.55. The van der Waals surface area contributed by atoms with Gasteiger partial charge in [0.15, 0.2) is 0 Å². The molecule has 0 aliphatic carbocycles. The lowest BCUT2D eigenvalue weighted by atomic mass is 10.1. The molecule has 0 fully saturated rings. The van der Waals surface area contributed by atoms with E-state index in [9.17, 15) is 9.59 Å². The fraction of sp³-hybridized carbons (Fsp3) is 0.158. The molecular formula is C19H20N2O2. The van der Waals surface area contributed by atoms with Crippen molar-refractivity contribution in [3.05, 3.63) is 77.5 Å². The standard InChI is InChI=1S/C19H20N2O2/c1-14(17-11-7-4-8-12-17)20-19(23)18(21-15(2)22)13-16-9-5-3-6-10-16/h3-14H,1-2H3,(H,20,23)(H,21,22)/t14-/m0/s1. The van der Waals surface area contributed by atoms with Gasteiger partial charge in [0.25, 0.3) is 5.91 Å². The third-order valence-electron chi connectivity index (χ3n) is 3.31. The highest BCUT2D eigenvalue weighted by Crippen LogP contribution is 2.12. The molecule has 0 spiro atoms. The second-order valence-corrected chi connectivity index (χ2v) is 5.26. The Kier molecular flexibility index (Phi) is 5.69. The molecule has 0 radical (unpaired) electrons. The molecule has 2 aromatic carbocycles. The zero-order valence-corrected chi connectivity index (χ0v) is 13.2. The van der Waals surface area contributed by atoms with E-state index in [2.05, 4.69) is 10.6 Å². The van der Waals surface area contributed by atoms with Crippen LogP contribution in [-0.4, -0.2) is 11.8 Å². The maximum atomic E-state index is 12.5. The van der Waals surface area contributed by atoms with Gasteiger partial charge in [-0.3, -0.25) is 9.59 Å². The molecule has 2 N–H and O–H groups in total. The lowest BCUT2D eigenvalue weighted by molar-refractivity contribution is -0.122. The summed E-state index contributed by atoms with van der Waals surface area (Å²) >= 11 is 0. The quantitative estimate of drug-likeness (QED) is 0.834. The van der Waals surface area contributed by atoms with Crippen LogP contribution in [-0.2, 0) is 9.59 Å². The van der Waals surface area contributed by atoms with E-state index in [0.29, 0.717) is 0 Å². The lowest BCUT2D eigenvalue weighted by Gasteiger charge is -2.16. The Balaban J connectivity index is 2.17. The molecule has 2 amide bonds. The zero-order chi connectivity index (χ0) is 16.7. The minimum Gasteiger partial charge on any atom is -0.344 e. The van der Waals surface area contributed by atoms with E-state index >= 15 is 0 Å². The number of nitrogens with one attached hydrogen (secondary N) is 2. The van der Waals surface area contributed by atoms with Gasteiger partial charge in [0, 0.05) is 6.92 Å². The summed E-state index contributed by atoms with van der Waals surface area (Å²) in [5.74, 6) is -0.602. The van der Waals surface area contributed by atoms with Crippen molar-refractivity contribution in [2.24, 2.45) is 0 Å². The predicted molar refractivity (Wildman–Crippen MR) is 91.2 cm³/mol. The van der Waals surface area contributed by atoms with Gasteiger partial charge >= 0.3 is 0 Å². The molecule has 0 bridgehead atoms. The van der Waals surface area contributed by atoms with Gasteiger partial charge in [0.2, 0.25) is 5.91 Å². The summed E-state index contributed by atoms with van der Waals surface area (Å²) in [6.45, 7) is 3.29. The highest BCUT2D eigenvalue weighted by molar-refractivity contribution is 6.01. The minimum atomic E-state index is -0.319. The monoisotopic (exact) mass is 308 g/mol. The molecule has 4 nitrogen and oxygen atoms in total. The number of hydrogen-bond donors (Lipinski definition) is 2. The minimum absolute atomic E-state index is 0.156. The SMILES string of the molecule is CC(=O)NC(=Cc1ccccc1)C(=O)N[C@@H](C)c1ccccc1. The van der Waals surface area contributed by atoms with Gasteiger partial charge in [-0.05, 0) is 24.1 Å². The molecular weight excluding hydrogens is 288 g/mol. The number of hydrogen-bond acceptors (Lipinski definition) is 2. The molecule has 0 aromatic heterocycles. The van der Waals surface area contributed by atoms with Crippen molar-refractivity contribution in [2.45, 2.75) is 19.9 Å². The number of carbonyl (C=O) groups excluding carboxylic acids is 2. The largest absolute Gasteiger partial charge is 0.344 e. The van der Waals surface area contributed by atoms with Crippen LogP contribution in [0.4, 0.5) is 0 Å². The van der Waals surface area contributed by atoms with Gasteiger partial charge in [0.1, 0.15) is 5.70 Å². The van der Waals surface area contributed by atoms with Crippen LogP contribution in [0.1, 0.15) is 31.0 Å². The molecule has 2 rings (SSSR count). The van der Waals surface area contributed by atoms with Gasteiger partial charge in [-0.15, -0.1) is 0 Å². The Morgan fingerprint density at radius 3 is 2.09 bits per heavy atom. The molecule has 1 atom stereocenters. The molecule has 0 aliphatic heterocycles. The third-order valence-corrected chi connectivity index (χ3v) is 3.31. The second-order valence-electron chi connectivity index (χ2n) is 5.26. The summed E-state index contributed by atoms with van der Waals surface area (Å²) in [4.78, 5) is 23.8. The van der Waals surface area contributed by atoms with Gasteiger partial charge in [-0.25, -0.2) is 0 Å². The van der Waals surface area contributed by atoms with Crippen LogP contribution in [0.5, 0.6) is 0 Å². The van der Waals surface area contributed by atoms with Crippen LogP contribution in [0.3, 0.4) is 0 Å². The summed E-state index contributed by atoms with van der Waals surface area (Å²) in [6, 6.07) is 18.9. The molecule has 118 valence electrons. The lowest BCUT2D eigenvalue weighted by Crippen LogP contribution is -2.35. The maximum Gasteiger partial charge on any atom is 0.268 e. The predicted octanol–water partition coefficient (Wildman–Crippen LogP) is 3.04. The Hall–Kier alpha value is -2.88. The molecule has 2 aromatic rings. The molecule has 0 saturated carbocycles. The summed E-state index contributed by atoms with van der Waals surface area (Å²) < 4.78 is 0. The van der Waals surface area contributed by atoms with E-state index < -0.39 is 0 Å². The summed E-state index contributed by atoms with van der Waals surface area (Å²) in [5, 5.41) is 5.50. The van der Waals surface area contributed by atoms with Crippen molar-refractivity contribution in [1.29, 1.82) is 0 Å². The van der Waals surface area contributed by atoms with Crippen molar-refractivity contribution < 1.29 is 9.59 Å². The van der Waals surface area contributed by atoms with Crippen molar-refractivity contribution in [2.75, 3.05) is 0 Å². The molecule has 0 unspecified atom stereocenters. The molecule has 0 heterocycles. The van der Waals surface area contributed by atoms with Crippen LogP contribution in [0.2, 0.25) is 0 Å². The fourth-order valence-corrected chi connectivity index (χ4v) is 2.16. The van der Waals surface area contributed by atoms with Crippen LogP contribution in [0.25, 0.3) is 6.08 Å². The van der Waals surface area contributed by atoms with E-state index in [-0.39, 0.29) is 23.6 Å². The molecule has 4 heteroatoms. The van der Waals surface area contributed by atoms with Crippen molar-refractivity contribution in [3.8, 4) is 0 Å². The molecule has 0 aliphatic rings. The van der Waals surface area contributed by atoms with E-state index in [1.807, 2.05) is 67.6 Å². The van der Waals surface area contributed by atoms with Gasteiger partial charge in [-0.2, -0.15) is 0 Å². The second kappa shape index (κ2) is 7.94. The van der Waals surface area contributed by atoms with E-state index in [0.717, 1.165) is 11.1 Å². The average molecular weight is 308 g/mol. The van der Waals surface area contributed by atoms with Crippen molar-refractivity contribution >= 4 is 17.9 Å². The first-order valence-electron chi connectivity index (χ1n) is 7.46.